The Hall–Kier alpha value is -1.87. The third kappa shape index (κ3) is 3.89. The van der Waals surface area contributed by atoms with E-state index in [4.69, 9.17) is 10.00 Å². The zero-order valence-corrected chi connectivity index (χ0v) is 10.3. The largest absolute Gasteiger partial charge is 0.459 e. The van der Waals surface area contributed by atoms with E-state index < -0.39 is 11.9 Å². The van der Waals surface area contributed by atoms with Gasteiger partial charge in [0.15, 0.2) is 0 Å². The highest BCUT2D eigenvalue weighted by molar-refractivity contribution is 7.14. The lowest BCUT2D eigenvalue weighted by Gasteiger charge is -2.08. The molecular formula is C11H12N2O3S. The van der Waals surface area contributed by atoms with E-state index in [1.165, 1.54) is 11.3 Å². The van der Waals surface area contributed by atoms with Crippen LogP contribution in [0.2, 0.25) is 0 Å². The lowest BCUT2D eigenvalue weighted by atomic mass is 10.3. The number of nitrogens with one attached hydrogen (secondary N) is 1. The molecule has 5 nitrogen and oxygen atoms in total. The predicted octanol–water partition coefficient (Wildman–Crippen LogP) is 2.17. The smallest absolute Gasteiger partial charge is 0.341 e. The lowest BCUT2D eigenvalue weighted by Crippen LogP contribution is -2.15. The number of carbonyl (C=O) groups excluding carboxylic acids is 2. The molecule has 1 N–H and O–H groups in total. The Bertz CT molecular complexity index is 460. The highest BCUT2D eigenvalue weighted by atomic mass is 32.1. The molecule has 1 amide bonds. The Morgan fingerprint density at radius 2 is 2.29 bits per heavy atom. The Balaban J connectivity index is 2.76. The van der Waals surface area contributed by atoms with E-state index in [0.717, 1.165) is 0 Å². The van der Waals surface area contributed by atoms with Gasteiger partial charge in [0.25, 0.3) is 0 Å². The summed E-state index contributed by atoms with van der Waals surface area (Å²) in [6, 6.07) is 3.32. The Kier molecular flexibility index (Phi) is 4.67. The number of nitriles is 1. The summed E-state index contributed by atoms with van der Waals surface area (Å²) in [5, 5.41) is 13.0. The van der Waals surface area contributed by atoms with Gasteiger partial charge < -0.3 is 10.1 Å². The first-order valence-corrected chi connectivity index (χ1v) is 5.87. The molecule has 0 aliphatic carbocycles. The summed E-state index contributed by atoms with van der Waals surface area (Å²) in [6.07, 6.45) is -0.457. The van der Waals surface area contributed by atoms with Crippen LogP contribution in [0.15, 0.2) is 11.4 Å². The van der Waals surface area contributed by atoms with Crippen LogP contribution in [-0.2, 0) is 9.53 Å². The zero-order chi connectivity index (χ0) is 12.8. The van der Waals surface area contributed by atoms with Crippen molar-refractivity contribution in [1.29, 1.82) is 5.26 Å². The molecule has 1 aromatic rings. The Morgan fingerprint density at radius 3 is 2.88 bits per heavy atom. The standard InChI is InChI=1S/C11H12N2O3S/c1-7(2)16-11(15)8-4-6-17-10(8)13-9(14)3-5-12/h4,6-7H,3H2,1-2H3,(H,13,14). The van der Waals surface area contributed by atoms with Gasteiger partial charge in [-0.2, -0.15) is 5.26 Å². The second kappa shape index (κ2) is 6.01. The van der Waals surface area contributed by atoms with Crippen LogP contribution in [0.4, 0.5) is 5.00 Å². The van der Waals surface area contributed by atoms with Crippen LogP contribution in [0.25, 0.3) is 0 Å². The molecule has 0 saturated heterocycles. The highest BCUT2D eigenvalue weighted by Gasteiger charge is 2.17. The topological polar surface area (TPSA) is 79.2 Å². The average molecular weight is 252 g/mol. The summed E-state index contributed by atoms with van der Waals surface area (Å²) >= 11 is 1.22. The Morgan fingerprint density at radius 1 is 1.59 bits per heavy atom. The summed E-state index contributed by atoms with van der Waals surface area (Å²) in [5.74, 6) is -0.915. The fourth-order valence-corrected chi connectivity index (χ4v) is 1.88. The third-order valence-electron chi connectivity index (χ3n) is 1.72. The molecule has 0 saturated carbocycles. The fraction of sp³-hybridized carbons (Fsp3) is 0.364. The molecule has 90 valence electrons. The second-order valence-electron chi connectivity index (χ2n) is 3.50. The number of carbonyl (C=O) groups is 2. The van der Waals surface area contributed by atoms with Crippen molar-refractivity contribution in [2.24, 2.45) is 0 Å². The molecule has 1 aromatic heterocycles. The van der Waals surface area contributed by atoms with E-state index in [1.807, 2.05) is 0 Å². The number of rotatable bonds is 4. The van der Waals surface area contributed by atoms with E-state index >= 15 is 0 Å². The van der Waals surface area contributed by atoms with E-state index in [9.17, 15) is 9.59 Å². The van der Waals surface area contributed by atoms with Crippen molar-refractivity contribution in [1.82, 2.24) is 0 Å². The minimum atomic E-state index is -0.478. The van der Waals surface area contributed by atoms with Crippen LogP contribution in [0.5, 0.6) is 0 Å². The van der Waals surface area contributed by atoms with Crippen molar-refractivity contribution in [2.75, 3.05) is 5.32 Å². The number of nitrogens with zero attached hydrogens (tertiary/aromatic N) is 1. The number of hydrogen-bond donors (Lipinski definition) is 1. The molecular weight excluding hydrogens is 240 g/mol. The van der Waals surface area contributed by atoms with Crippen LogP contribution in [0.1, 0.15) is 30.6 Å². The molecule has 17 heavy (non-hydrogen) atoms. The maximum absolute atomic E-state index is 11.6. The number of ether oxygens (including phenoxy) is 1. The zero-order valence-electron chi connectivity index (χ0n) is 9.52. The molecule has 1 rings (SSSR count). The first-order valence-electron chi connectivity index (χ1n) is 5.00. The number of esters is 1. The van der Waals surface area contributed by atoms with E-state index in [0.29, 0.717) is 10.6 Å². The van der Waals surface area contributed by atoms with Crippen LogP contribution < -0.4 is 5.32 Å². The van der Waals surface area contributed by atoms with Gasteiger partial charge in [0, 0.05) is 0 Å². The number of hydrogen-bond acceptors (Lipinski definition) is 5. The van der Waals surface area contributed by atoms with Gasteiger partial charge in [-0.3, -0.25) is 4.79 Å². The van der Waals surface area contributed by atoms with E-state index in [1.54, 1.807) is 31.4 Å². The van der Waals surface area contributed by atoms with Crippen molar-refractivity contribution in [2.45, 2.75) is 26.4 Å². The first kappa shape index (κ1) is 13.2. The Labute approximate surface area is 103 Å². The number of anilines is 1. The molecule has 0 unspecified atom stereocenters. The number of amides is 1. The van der Waals surface area contributed by atoms with Crippen LogP contribution in [0.3, 0.4) is 0 Å². The van der Waals surface area contributed by atoms with Gasteiger partial charge in [-0.1, -0.05) is 0 Å². The maximum atomic E-state index is 11.6. The summed E-state index contributed by atoms with van der Waals surface area (Å²) in [7, 11) is 0. The van der Waals surface area contributed by atoms with Crippen molar-refractivity contribution < 1.29 is 14.3 Å². The normalized spacial score (nSPS) is 9.76. The van der Waals surface area contributed by atoms with Gasteiger partial charge in [0.05, 0.1) is 17.7 Å². The summed E-state index contributed by atoms with van der Waals surface area (Å²) in [4.78, 5) is 22.9. The number of thiophene rings is 1. The molecule has 0 aliphatic rings. The molecule has 0 fully saturated rings. The predicted molar refractivity (Wildman–Crippen MR) is 63.7 cm³/mol. The van der Waals surface area contributed by atoms with Crippen LogP contribution >= 0.6 is 11.3 Å². The van der Waals surface area contributed by atoms with Crippen LogP contribution in [0, 0.1) is 11.3 Å². The van der Waals surface area contributed by atoms with Gasteiger partial charge in [0.1, 0.15) is 11.4 Å². The molecule has 0 radical (unpaired) electrons. The average Bonchev–Trinajstić information content (AvgIpc) is 2.65. The lowest BCUT2D eigenvalue weighted by molar-refractivity contribution is -0.115. The monoisotopic (exact) mass is 252 g/mol. The molecule has 1 heterocycles. The van der Waals surface area contributed by atoms with Crippen molar-refractivity contribution in [3.05, 3.63) is 17.0 Å². The van der Waals surface area contributed by atoms with E-state index in [-0.39, 0.29) is 12.5 Å². The highest BCUT2D eigenvalue weighted by Crippen LogP contribution is 2.24. The van der Waals surface area contributed by atoms with Crippen molar-refractivity contribution in [3.8, 4) is 6.07 Å². The van der Waals surface area contributed by atoms with Gasteiger partial charge in [-0.05, 0) is 25.3 Å². The molecule has 6 heteroatoms. The molecule has 0 bridgehead atoms. The quantitative estimate of drug-likeness (QED) is 0.833. The molecule has 0 atom stereocenters. The first-order chi connectivity index (χ1) is 8.04. The fourth-order valence-electron chi connectivity index (χ4n) is 1.09. The second-order valence-corrected chi connectivity index (χ2v) is 4.42. The van der Waals surface area contributed by atoms with Crippen LogP contribution in [-0.4, -0.2) is 18.0 Å². The van der Waals surface area contributed by atoms with Crippen molar-refractivity contribution in [3.63, 3.8) is 0 Å². The third-order valence-corrected chi connectivity index (χ3v) is 2.55. The molecule has 0 spiro atoms. The SMILES string of the molecule is CC(C)OC(=O)c1ccsc1NC(=O)CC#N. The minimum Gasteiger partial charge on any atom is -0.459 e. The van der Waals surface area contributed by atoms with E-state index in [2.05, 4.69) is 5.32 Å². The van der Waals surface area contributed by atoms with Gasteiger partial charge in [-0.15, -0.1) is 11.3 Å². The minimum absolute atomic E-state index is 0.218. The van der Waals surface area contributed by atoms with Gasteiger partial charge >= 0.3 is 5.97 Å². The summed E-state index contributed by atoms with van der Waals surface area (Å²) in [5.41, 5.74) is 0.315. The molecule has 0 aliphatic heterocycles. The summed E-state index contributed by atoms with van der Waals surface area (Å²) in [6.45, 7) is 3.50. The summed E-state index contributed by atoms with van der Waals surface area (Å²) < 4.78 is 5.03. The van der Waals surface area contributed by atoms with Gasteiger partial charge in [0.2, 0.25) is 5.91 Å². The van der Waals surface area contributed by atoms with Crippen molar-refractivity contribution >= 4 is 28.2 Å². The maximum Gasteiger partial charge on any atom is 0.341 e. The molecule has 0 aromatic carbocycles. The van der Waals surface area contributed by atoms with Gasteiger partial charge in [-0.25, -0.2) is 4.79 Å².